The standard InChI is InChI=1S/C12H19NO4/c1-8(2)5-10(7-14)13-6-9-3-4-17-11(9)12(15)16/h3-4,8,10,13-14H,5-7H2,1-2H3,(H,15,16). The summed E-state index contributed by atoms with van der Waals surface area (Å²) in [6, 6.07) is 1.60. The van der Waals surface area contributed by atoms with Crippen molar-refractivity contribution in [2.45, 2.75) is 32.9 Å². The van der Waals surface area contributed by atoms with Crippen LogP contribution in [0.4, 0.5) is 0 Å². The van der Waals surface area contributed by atoms with E-state index in [9.17, 15) is 9.90 Å². The second kappa shape index (κ2) is 6.42. The van der Waals surface area contributed by atoms with Crippen molar-refractivity contribution in [3.8, 4) is 0 Å². The highest BCUT2D eigenvalue weighted by Gasteiger charge is 2.15. The minimum absolute atomic E-state index is 0.0217. The van der Waals surface area contributed by atoms with Crippen molar-refractivity contribution < 1.29 is 19.4 Å². The molecule has 0 aromatic carbocycles. The average molecular weight is 241 g/mol. The Balaban J connectivity index is 2.53. The molecule has 0 saturated carbocycles. The van der Waals surface area contributed by atoms with E-state index >= 15 is 0 Å². The smallest absolute Gasteiger partial charge is 0.372 e. The van der Waals surface area contributed by atoms with Crippen molar-refractivity contribution in [3.05, 3.63) is 23.7 Å². The van der Waals surface area contributed by atoms with E-state index in [2.05, 4.69) is 19.2 Å². The number of aromatic carboxylic acids is 1. The lowest BCUT2D eigenvalue weighted by molar-refractivity contribution is 0.0660. The number of furan rings is 1. The third-order valence-corrected chi connectivity index (χ3v) is 2.50. The van der Waals surface area contributed by atoms with E-state index in [1.807, 2.05) is 0 Å². The highest BCUT2D eigenvalue weighted by atomic mass is 16.4. The summed E-state index contributed by atoms with van der Waals surface area (Å²) in [5.74, 6) is -0.641. The summed E-state index contributed by atoms with van der Waals surface area (Å²) in [7, 11) is 0. The van der Waals surface area contributed by atoms with Crippen LogP contribution in [0.1, 0.15) is 36.4 Å². The van der Waals surface area contributed by atoms with Crippen LogP contribution in [0.15, 0.2) is 16.7 Å². The number of aliphatic hydroxyl groups is 1. The third-order valence-electron chi connectivity index (χ3n) is 2.50. The second-order valence-corrected chi connectivity index (χ2v) is 4.47. The maximum atomic E-state index is 10.8. The van der Waals surface area contributed by atoms with Gasteiger partial charge < -0.3 is 19.9 Å². The number of carboxylic acids is 1. The zero-order valence-electron chi connectivity index (χ0n) is 10.1. The van der Waals surface area contributed by atoms with Crippen LogP contribution in [-0.4, -0.2) is 28.8 Å². The monoisotopic (exact) mass is 241 g/mol. The Morgan fingerprint density at radius 1 is 1.53 bits per heavy atom. The van der Waals surface area contributed by atoms with Crippen LogP contribution in [0.3, 0.4) is 0 Å². The molecule has 1 aromatic heterocycles. The first kappa shape index (κ1) is 13.7. The predicted molar refractivity (Wildman–Crippen MR) is 62.8 cm³/mol. The van der Waals surface area contributed by atoms with E-state index in [0.29, 0.717) is 18.0 Å². The topological polar surface area (TPSA) is 82.7 Å². The molecule has 0 aliphatic heterocycles. The van der Waals surface area contributed by atoms with Gasteiger partial charge in [0, 0.05) is 18.2 Å². The van der Waals surface area contributed by atoms with Crippen LogP contribution < -0.4 is 5.32 Å². The number of aliphatic hydroxyl groups excluding tert-OH is 1. The summed E-state index contributed by atoms with van der Waals surface area (Å²) in [5.41, 5.74) is 0.597. The van der Waals surface area contributed by atoms with Crippen molar-refractivity contribution in [2.75, 3.05) is 6.61 Å². The summed E-state index contributed by atoms with van der Waals surface area (Å²) in [4.78, 5) is 10.8. The normalized spacial score (nSPS) is 12.9. The molecule has 5 nitrogen and oxygen atoms in total. The number of carbonyl (C=O) groups is 1. The Kier molecular flexibility index (Phi) is 5.18. The van der Waals surface area contributed by atoms with Crippen molar-refractivity contribution in [3.63, 3.8) is 0 Å². The molecule has 0 aliphatic rings. The highest BCUT2D eigenvalue weighted by molar-refractivity contribution is 5.86. The van der Waals surface area contributed by atoms with Crippen molar-refractivity contribution >= 4 is 5.97 Å². The van der Waals surface area contributed by atoms with E-state index in [1.54, 1.807) is 6.07 Å². The molecule has 3 N–H and O–H groups in total. The summed E-state index contributed by atoms with van der Waals surface area (Å²) >= 11 is 0. The number of carboxylic acid groups (broad SMARTS) is 1. The van der Waals surface area contributed by atoms with Gasteiger partial charge in [-0.15, -0.1) is 0 Å². The minimum Gasteiger partial charge on any atom is -0.475 e. The fourth-order valence-corrected chi connectivity index (χ4v) is 1.71. The first-order valence-corrected chi connectivity index (χ1v) is 5.68. The molecule has 0 spiro atoms. The van der Waals surface area contributed by atoms with Gasteiger partial charge in [-0.05, 0) is 18.4 Å². The highest BCUT2D eigenvalue weighted by Crippen LogP contribution is 2.11. The molecule has 0 radical (unpaired) electrons. The van der Waals surface area contributed by atoms with E-state index in [-0.39, 0.29) is 18.4 Å². The van der Waals surface area contributed by atoms with Crippen molar-refractivity contribution in [2.24, 2.45) is 5.92 Å². The van der Waals surface area contributed by atoms with Gasteiger partial charge >= 0.3 is 5.97 Å². The van der Waals surface area contributed by atoms with Gasteiger partial charge in [0.25, 0.3) is 0 Å². The molecule has 0 bridgehead atoms. The largest absolute Gasteiger partial charge is 0.475 e. The molecule has 0 saturated heterocycles. The Hall–Kier alpha value is -1.33. The molecular formula is C12H19NO4. The lowest BCUT2D eigenvalue weighted by atomic mass is 10.0. The molecule has 0 amide bonds. The van der Waals surface area contributed by atoms with Gasteiger partial charge in [-0.2, -0.15) is 0 Å². The number of hydrogen-bond donors (Lipinski definition) is 3. The lowest BCUT2D eigenvalue weighted by Crippen LogP contribution is -2.33. The Labute approximate surface area is 100 Å². The molecule has 1 unspecified atom stereocenters. The fourth-order valence-electron chi connectivity index (χ4n) is 1.71. The molecule has 1 aromatic rings. The molecule has 17 heavy (non-hydrogen) atoms. The minimum atomic E-state index is -1.07. The summed E-state index contributed by atoms with van der Waals surface area (Å²) < 4.78 is 4.87. The van der Waals surface area contributed by atoms with Crippen LogP contribution in [0.5, 0.6) is 0 Å². The molecule has 1 rings (SSSR count). The van der Waals surface area contributed by atoms with E-state index in [1.165, 1.54) is 6.26 Å². The maximum absolute atomic E-state index is 10.8. The van der Waals surface area contributed by atoms with Crippen LogP contribution in [-0.2, 0) is 6.54 Å². The number of hydrogen-bond acceptors (Lipinski definition) is 4. The van der Waals surface area contributed by atoms with E-state index in [0.717, 1.165) is 6.42 Å². The van der Waals surface area contributed by atoms with Crippen molar-refractivity contribution in [1.82, 2.24) is 5.32 Å². The van der Waals surface area contributed by atoms with Gasteiger partial charge in [-0.3, -0.25) is 0 Å². The molecular weight excluding hydrogens is 222 g/mol. The van der Waals surface area contributed by atoms with Crippen LogP contribution in [0.2, 0.25) is 0 Å². The van der Waals surface area contributed by atoms with Gasteiger partial charge in [-0.25, -0.2) is 4.79 Å². The van der Waals surface area contributed by atoms with E-state index in [4.69, 9.17) is 9.52 Å². The molecule has 0 aliphatic carbocycles. The first-order chi connectivity index (χ1) is 8.04. The Bertz CT molecular complexity index is 359. The summed E-state index contributed by atoms with van der Waals surface area (Å²) in [5, 5.41) is 21.2. The van der Waals surface area contributed by atoms with Gasteiger partial charge in [0.1, 0.15) is 0 Å². The van der Waals surface area contributed by atoms with Crippen LogP contribution in [0, 0.1) is 5.92 Å². The molecule has 96 valence electrons. The molecule has 1 heterocycles. The van der Waals surface area contributed by atoms with Gasteiger partial charge in [0.15, 0.2) is 0 Å². The molecule has 1 atom stereocenters. The molecule has 5 heteroatoms. The summed E-state index contributed by atoms with van der Waals surface area (Å²) in [6.07, 6.45) is 2.20. The van der Waals surface area contributed by atoms with Crippen molar-refractivity contribution in [1.29, 1.82) is 0 Å². The second-order valence-electron chi connectivity index (χ2n) is 4.47. The average Bonchev–Trinajstić information content (AvgIpc) is 2.71. The lowest BCUT2D eigenvalue weighted by Gasteiger charge is -2.17. The molecule has 0 fully saturated rings. The number of rotatable bonds is 7. The quantitative estimate of drug-likeness (QED) is 0.673. The van der Waals surface area contributed by atoms with Gasteiger partial charge in [0.05, 0.1) is 12.9 Å². The predicted octanol–water partition coefficient (Wildman–Crippen LogP) is 1.47. The maximum Gasteiger partial charge on any atom is 0.372 e. The zero-order valence-corrected chi connectivity index (χ0v) is 10.1. The van der Waals surface area contributed by atoms with Gasteiger partial charge in [-0.1, -0.05) is 13.8 Å². The Morgan fingerprint density at radius 2 is 2.24 bits per heavy atom. The Morgan fingerprint density at radius 3 is 2.76 bits per heavy atom. The van der Waals surface area contributed by atoms with Gasteiger partial charge in [0.2, 0.25) is 5.76 Å². The van der Waals surface area contributed by atoms with Crippen LogP contribution in [0.25, 0.3) is 0 Å². The summed E-state index contributed by atoms with van der Waals surface area (Å²) in [6.45, 7) is 4.57. The fraction of sp³-hybridized carbons (Fsp3) is 0.583. The first-order valence-electron chi connectivity index (χ1n) is 5.68. The zero-order chi connectivity index (χ0) is 12.8. The number of nitrogens with one attached hydrogen (secondary N) is 1. The third kappa shape index (κ3) is 4.20. The SMILES string of the molecule is CC(C)CC(CO)NCc1ccoc1C(=O)O. The van der Waals surface area contributed by atoms with E-state index < -0.39 is 5.97 Å². The van der Waals surface area contributed by atoms with Crippen LogP contribution >= 0.6 is 0 Å².